The summed E-state index contributed by atoms with van der Waals surface area (Å²) in [4.78, 5) is 10.4. The highest BCUT2D eigenvalue weighted by atomic mass is 16.6. The lowest BCUT2D eigenvalue weighted by Gasteiger charge is -2.35. The number of carbonyl (C=O) groups excluding carboxylic acids is 1. The molecular formula is C7H10O2. The largest absolute Gasteiger partial charge is 0.461 e. The molecule has 0 spiro atoms. The standard InChI is InChI=1S/C7H10O2/c1-4(2)6-5(3)7(8)9-6/h3-6H,1-2H3. The van der Waals surface area contributed by atoms with E-state index in [1.165, 1.54) is 0 Å². The number of hydrogen-bond acceptors (Lipinski definition) is 2. The van der Waals surface area contributed by atoms with Gasteiger partial charge >= 0.3 is 5.97 Å². The molecule has 0 aromatic heterocycles. The Morgan fingerprint density at radius 3 is 2.33 bits per heavy atom. The first kappa shape index (κ1) is 6.59. The Kier molecular flexibility index (Phi) is 1.47. The van der Waals surface area contributed by atoms with Gasteiger partial charge in [-0.1, -0.05) is 13.8 Å². The Bertz CT molecular complexity index is 129. The number of esters is 1. The van der Waals surface area contributed by atoms with Crippen molar-refractivity contribution in [3.8, 4) is 0 Å². The van der Waals surface area contributed by atoms with Gasteiger partial charge in [0.05, 0.1) is 5.92 Å². The third kappa shape index (κ3) is 0.934. The fourth-order valence-corrected chi connectivity index (χ4v) is 0.899. The van der Waals surface area contributed by atoms with Gasteiger partial charge in [0.25, 0.3) is 0 Å². The number of rotatable bonds is 1. The minimum atomic E-state index is -0.370. The quantitative estimate of drug-likeness (QED) is 0.488. The fourth-order valence-electron chi connectivity index (χ4n) is 0.899. The van der Waals surface area contributed by atoms with E-state index in [0.29, 0.717) is 5.92 Å². The van der Waals surface area contributed by atoms with Gasteiger partial charge in [-0.15, -0.1) is 0 Å². The van der Waals surface area contributed by atoms with Crippen LogP contribution in [-0.4, -0.2) is 12.1 Å². The highest BCUT2D eigenvalue weighted by Crippen LogP contribution is 2.26. The zero-order chi connectivity index (χ0) is 7.02. The molecule has 2 heteroatoms. The summed E-state index contributed by atoms with van der Waals surface area (Å²) in [5, 5.41) is 0. The van der Waals surface area contributed by atoms with Crippen molar-refractivity contribution in [2.75, 3.05) is 0 Å². The summed E-state index contributed by atoms with van der Waals surface area (Å²) >= 11 is 0. The van der Waals surface area contributed by atoms with Crippen LogP contribution in [0.25, 0.3) is 0 Å². The van der Waals surface area contributed by atoms with E-state index < -0.39 is 0 Å². The molecule has 2 nitrogen and oxygen atoms in total. The van der Waals surface area contributed by atoms with Gasteiger partial charge in [0.15, 0.2) is 0 Å². The lowest BCUT2D eigenvalue weighted by Crippen LogP contribution is -2.46. The van der Waals surface area contributed by atoms with E-state index in [2.05, 4.69) is 0 Å². The van der Waals surface area contributed by atoms with Crippen LogP contribution in [0.15, 0.2) is 0 Å². The molecule has 0 bridgehead atoms. The van der Waals surface area contributed by atoms with Crippen molar-refractivity contribution in [3.05, 3.63) is 6.92 Å². The van der Waals surface area contributed by atoms with E-state index in [4.69, 9.17) is 11.7 Å². The second-order valence-corrected chi connectivity index (χ2v) is 2.67. The van der Waals surface area contributed by atoms with Crippen molar-refractivity contribution in [2.45, 2.75) is 20.0 Å². The Balaban J connectivity index is 2.42. The lowest BCUT2D eigenvalue weighted by molar-refractivity contribution is -0.184. The van der Waals surface area contributed by atoms with Gasteiger partial charge < -0.3 is 4.74 Å². The first-order valence-electron chi connectivity index (χ1n) is 3.09. The molecule has 0 N–H and O–H groups in total. The van der Waals surface area contributed by atoms with Gasteiger partial charge in [-0.3, -0.25) is 4.79 Å². The van der Waals surface area contributed by atoms with Crippen LogP contribution < -0.4 is 0 Å². The van der Waals surface area contributed by atoms with Gasteiger partial charge in [-0.2, -0.15) is 0 Å². The van der Waals surface area contributed by atoms with Gasteiger partial charge in [0, 0.05) is 0 Å². The number of carbonyl (C=O) groups is 1. The second kappa shape index (κ2) is 2.01. The molecule has 1 aliphatic heterocycles. The van der Waals surface area contributed by atoms with E-state index in [1.807, 2.05) is 13.8 Å². The molecule has 2 atom stereocenters. The summed E-state index contributed by atoms with van der Waals surface area (Å²) in [6.07, 6.45) is -0.0440. The summed E-state index contributed by atoms with van der Waals surface area (Å²) in [5.41, 5.74) is 0. The molecule has 1 rings (SSSR count). The van der Waals surface area contributed by atoms with Crippen molar-refractivity contribution in [2.24, 2.45) is 11.8 Å². The molecule has 1 saturated heterocycles. The molecule has 1 fully saturated rings. The average molecular weight is 126 g/mol. The number of hydrogen-bond donors (Lipinski definition) is 0. The van der Waals surface area contributed by atoms with Crippen molar-refractivity contribution in [1.82, 2.24) is 0 Å². The molecule has 50 valence electrons. The normalized spacial score (nSPS) is 34.0. The van der Waals surface area contributed by atoms with E-state index >= 15 is 0 Å². The third-order valence-corrected chi connectivity index (χ3v) is 1.54. The predicted octanol–water partition coefficient (Wildman–Crippen LogP) is 0.895. The van der Waals surface area contributed by atoms with Gasteiger partial charge in [0.2, 0.25) is 0 Å². The van der Waals surface area contributed by atoms with E-state index in [9.17, 15) is 4.79 Å². The molecule has 0 aromatic rings. The summed E-state index contributed by atoms with van der Waals surface area (Å²) in [7, 11) is 0. The number of ether oxygens (including phenoxy) is 1. The van der Waals surface area contributed by atoms with Gasteiger partial charge in [-0.25, -0.2) is 0 Å². The SMILES string of the molecule is [CH]C1C(=O)OC1C(C)C. The van der Waals surface area contributed by atoms with E-state index in [-0.39, 0.29) is 18.0 Å². The molecule has 9 heavy (non-hydrogen) atoms. The lowest BCUT2D eigenvalue weighted by atomic mass is 9.90. The zero-order valence-electron chi connectivity index (χ0n) is 5.63. The summed E-state index contributed by atoms with van der Waals surface area (Å²) < 4.78 is 4.75. The fraction of sp³-hybridized carbons (Fsp3) is 0.714. The third-order valence-electron chi connectivity index (χ3n) is 1.54. The van der Waals surface area contributed by atoms with Crippen LogP contribution in [0.3, 0.4) is 0 Å². The maximum atomic E-state index is 10.4. The first-order valence-corrected chi connectivity index (χ1v) is 3.09. The Morgan fingerprint density at radius 1 is 1.67 bits per heavy atom. The maximum absolute atomic E-state index is 10.4. The van der Waals surface area contributed by atoms with Crippen LogP contribution in [0.5, 0.6) is 0 Å². The topological polar surface area (TPSA) is 26.3 Å². The van der Waals surface area contributed by atoms with Crippen LogP contribution in [0.2, 0.25) is 0 Å². The number of cyclic esters (lactones) is 1. The Morgan fingerprint density at radius 2 is 2.22 bits per heavy atom. The molecular weight excluding hydrogens is 116 g/mol. The zero-order valence-corrected chi connectivity index (χ0v) is 5.63. The van der Waals surface area contributed by atoms with Crippen LogP contribution in [-0.2, 0) is 9.53 Å². The minimum absolute atomic E-state index is 0.0440. The van der Waals surface area contributed by atoms with Crippen LogP contribution >= 0.6 is 0 Å². The molecule has 0 aromatic carbocycles. The summed E-state index contributed by atoms with van der Waals surface area (Å²) in [6.45, 7) is 9.36. The predicted molar refractivity (Wildman–Crippen MR) is 32.5 cm³/mol. The second-order valence-electron chi connectivity index (χ2n) is 2.67. The maximum Gasteiger partial charge on any atom is 0.313 e. The van der Waals surface area contributed by atoms with Crippen molar-refractivity contribution >= 4 is 5.97 Å². The van der Waals surface area contributed by atoms with E-state index in [0.717, 1.165) is 0 Å². The van der Waals surface area contributed by atoms with Crippen LogP contribution in [0, 0.1) is 18.8 Å². The van der Waals surface area contributed by atoms with Crippen LogP contribution in [0.4, 0.5) is 0 Å². The highest BCUT2D eigenvalue weighted by Gasteiger charge is 2.40. The van der Waals surface area contributed by atoms with Crippen molar-refractivity contribution in [3.63, 3.8) is 0 Å². The van der Waals surface area contributed by atoms with Gasteiger partial charge in [-0.05, 0) is 12.8 Å². The van der Waals surface area contributed by atoms with Crippen LogP contribution in [0.1, 0.15) is 13.8 Å². The van der Waals surface area contributed by atoms with Gasteiger partial charge in [0.1, 0.15) is 6.10 Å². The van der Waals surface area contributed by atoms with E-state index in [1.54, 1.807) is 0 Å². The Labute approximate surface area is 55.2 Å². The Hall–Kier alpha value is -0.530. The summed E-state index contributed by atoms with van der Waals surface area (Å²) in [6, 6.07) is 0. The molecule has 1 heterocycles. The monoisotopic (exact) mass is 126 g/mol. The van der Waals surface area contributed by atoms with Crippen molar-refractivity contribution in [1.29, 1.82) is 0 Å². The average Bonchev–Trinajstić information content (AvgIpc) is 1.81. The molecule has 2 radical (unpaired) electrons. The molecule has 1 aliphatic rings. The minimum Gasteiger partial charge on any atom is -0.461 e. The molecule has 0 saturated carbocycles. The smallest absolute Gasteiger partial charge is 0.313 e. The van der Waals surface area contributed by atoms with Crippen molar-refractivity contribution < 1.29 is 9.53 Å². The highest BCUT2D eigenvalue weighted by molar-refractivity contribution is 5.79. The molecule has 0 amide bonds. The summed E-state index contributed by atoms with van der Waals surface area (Å²) in [5.74, 6) is -0.295. The molecule has 2 unspecified atom stereocenters. The molecule has 0 aliphatic carbocycles. The first-order chi connectivity index (χ1) is 4.13.